The molecular formula is C20H26O7. The number of aliphatic hydroxyl groups excluding tert-OH is 3. The fourth-order valence-corrected chi connectivity index (χ4v) is 3.90. The van der Waals surface area contributed by atoms with E-state index in [1.165, 1.54) is 0 Å². The van der Waals surface area contributed by atoms with Crippen LogP contribution < -0.4 is 0 Å². The van der Waals surface area contributed by atoms with Crippen molar-refractivity contribution in [2.45, 2.75) is 31.7 Å². The van der Waals surface area contributed by atoms with Gasteiger partial charge in [-0.25, -0.2) is 9.59 Å². The smallest absolute Gasteiger partial charge is 0.336 e. The van der Waals surface area contributed by atoms with Gasteiger partial charge in [0, 0.05) is 22.8 Å². The van der Waals surface area contributed by atoms with Crippen LogP contribution in [0, 0.1) is 17.3 Å². The maximum Gasteiger partial charge on any atom is 0.336 e. The molecule has 2 rings (SSSR count). The van der Waals surface area contributed by atoms with Gasteiger partial charge in [-0.1, -0.05) is 32.7 Å². The van der Waals surface area contributed by atoms with E-state index < -0.39 is 54.1 Å². The maximum atomic E-state index is 12.4. The summed E-state index contributed by atoms with van der Waals surface area (Å²) >= 11 is 0. The van der Waals surface area contributed by atoms with Crippen molar-refractivity contribution in [1.82, 2.24) is 0 Å². The van der Waals surface area contributed by atoms with Crippen molar-refractivity contribution in [1.29, 1.82) is 0 Å². The molecule has 1 saturated carbocycles. The minimum Gasteiger partial charge on any atom is -0.458 e. The van der Waals surface area contributed by atoms with Crippen LogP contribution in [-0.4, -0.2) is 58.8 Å². The summed E-state index contributed by atoms with van der Waals surface area (Å²) in [7, 11) is 0. The summed E-state index contributed by atoms with van der Waals surface area (Å²) in [4.78, 5) is 24.4. The van der Waals surface area contributed by atoms with Crippen molar-refractivity contribution in [3.8, 4) is 0 Å². The van der Waals surface area contributed by atoms with Crippen LogP contribution in [0.3, 0.4) is 0 Å². The minimum absolute atomic E-state index is 0.251. The zero-order chi connectivity index (χ0) is 20.5. The molecule has 2 fully saturated rings. The Labute approximate surface area is 158 Å². The highest BCUT2D eigenvalue weighted by Crippen LogP contribution is 2.53. The van der Waals surface area contributed by atoms with Crippen molar-refractivity contribution >= 4 is 11.9 Å². The highest BCUT2D eigenvalue weighted by Gasteiger charge is 2.58. The predicted molar refractivity (Wildman–Crippen MR) is 97.3 cm³/mol. The summed E-state index contributed by atoms with van der Waals surface area (Å²) in [5.41, 5.74) is -0.477. The van der Waals surface area contributed by atoms with Gasteiger partial charge >= 0.3 is 11.9 Å². The number of hydrogen-bond donors (Lipinski definition) is 3. The third-order valence-corrected chi connectivity index (χ3v) is 5.68. The lowest BCUT2D eigenvalue weighted by Crippen LogP contribution is -2.53. The molecule has 7 heteroatoms. The fourth-order valence-electron chi connectivity index (χ4n) is 3.90. The summed E-state index contributed by atoms with van der Waals surface area (Å²) in [6.07, 6.45) is -0.938. The minimum atomic E-state index is -1.43. The predicted octanol–water partition coefficient (Wildman–Crippen LogP) is 0.666. The van der Waals surface area contributed by atoms with Crippen LogP contribution in [0.5, 0.6) is 0 Å². The zero-order valence-electron chi connectivity index (χ0n) is 15.4. The van der Waals surface area contributed by atoms with Crippen molar-refractivity contribution < 1.29 is 34.4 Å². The Morgan fingerprint density at radius 2 is 2.07 bits per heavy atom. The maximum absolute atomic E-state index is 12.4. The number of ether oxygens (including phenoxy) is 2. The molecule has 0 radical (unpaired) electrons. The Hall–Kier alpha value is -2.22. The lowest BCUT2D eigenvalue weighted by Gasteiger charge is -2.49. The second-order valence-corrected chi connectivity index (χ2v) is 7.22. The fraction of sp³-hybridized carbons (Fsp3) is 0.500. The highest BCUT2D eigenvalue weighted by molar-refractivity contribution is 5.91. The van der Waals surface area contributed by atoms with E-state index in [4.69, 9.17) is 14.6 Å². The monoisotopic (exact) mass is 378 g/mol. The van der Waals surface area contributed by atoms with Crippen LogP contribution in [0.2, 0.25) is 0 Å². The van der Waals surface area contributed by atoms with Crippen LogP contribution in [0.1, 0.15) is 13.3 Å². The van der Waals surface area contributed by atoms with Crippen molar-refractivity contribution in [3.05, 3.63) is 49.1 Å². The molecule has 0 spiro atoms. The van der Waals surface area contributed by atoms with Crippen molar-refractivity contribution in [3.63, 3.8) is 0 Å². The Bertz CT molecular complexity index is 694. The lowest BCUT2D eigenvalue weighted by molar-refractivity contribution is -0.166. The van der Waals surface area contributed by atoms with Gasteiger partial charge in [-0.15, -0.1) is 6.58 Å². The van der Waals surface area contributed by atoms with E-state index in [0.717, 1.165) is 0 Å². The first-order valence-electron chi connectivity index (χ1n) is 8.62. The van der Waals surface area contributed by atoms with E-state index in [9.17, 15) is 19.8 Å². The molecule has 1 heterocycles. The van der Waals surface area contributed by atoms with Crippen LogP contribution in [0.15, 0.2) is 49.1 Å². The van der Waals surface area contributed by atoms with E-state index >= 15 is 0 Å². The largest absolute Gasteiger partial charge is 0.458 e. The summed E-state index contributed by atoms with van der Waals surface area (Å²) < 4.78 is 11.1. The first-order chi connectivity index (χ1) is 12.6. The van der Waals surface area contributed by atoms with Gasteiger partial charge in [-0.2, -0.15) is 0 Å². The second kappa shape index (κ2) is 7.80. The summed E-state index contributed by atoms with van der Waals surface area (Å²) in [5.74, 6) is -2.35. The van der Waals surface area contributed by atoms with Crippen LogP contribution in [0.4, 0.5) is 0 Å². The number of rotatable bonds is 7. The molecule has 0 bridgehead atoms. The van der Waals surface area contributed by atoms with Crippen LogP contribution in [-0.2, 0) is 19.1 Å². The Morgan fingerprint density at radius 1 is 1.44 bits per heavy atom. The third kappa shape index (κ3) is 3.50. The molecule has 1 saturated heterocycles. The van der Waals surface area contributed by atoms with Gasteiger partial charge < -0.3 is 24.8 Å². The van der Waals surface area contributed by atoms with Crippen LogP contribution in [0.25, 0.3) is 0 Å². The topological polar surface area (TPSA) is 113 Å². The third-order valence-electron chi connectivity index (χ3n) is 5.68. The first-order valence-corrected chi connectivity index (χ1v) is 8.62. The van der Waals surface area contributed by atoms with Gasteiger partial charge in [0.15, 0.2) is 0 Å². The number of fused-ring (bicyclic) bond motifs is 1. The van der Waals surface area contributed by atoms with E-state index in [1.807, 2.05) is 0 Å². The molecular weight excluding hydrogens is 352 g/mol. The molecule has 7 nitrogen and oxygen atoms in total. The summed E-state index contributed by atoms with van der Waals surface area (Å²) in [6, 6.07) is 0. The van der Waals surface area contributed by atoms with E-state index in [2.05, 4.69) is 26.3 Å². The standard InChI is InChI=1S/C20H26O7/c1-6-20(5)15(26-19(25)12(4)14(23)9-22)7-13-11(3)18(24)27-17(13)16(20)10(2)8-21/h6,13-17,21-23H,1-4,7-9H2,5H3. The van der Waals surface area contributed by atoms with Gasteiger partial charge in [0.2, 0.25) is 0 Å². The summed E-state index contributed by atoms with van der Waals surface area (Å²) in [6.45, 7) is 15.8. The number of carbonyl (C=O) groups excluding carboxylic acids is 2. The number of esters is 2. The van der Waals surface area contributed by atoms with Gasteiger partial charge in [-0.3, -0.25) is 0 Å². The van der Waals surface area contributed by atoms with Crippen molar-refractivity contribution in [2.75, 3.05) is 13.2 Å². The molecule has 0 aromatic rings. The first kappa shape index (κ1) is 21.1. The quantitative estimate of drug-likeness (QED) is 0.339. The van der Waals surface area contributed by atoms with Gasteiger partial charge in [0.25, 0.3) is 0 Å². The number of aliphatic hydroxyl groups is 3. The molecule has 27 heavy (non-hydrogen) atoms. The average Bonchev–Trinajstić information content (AvgIpc) is 2.93. The molecule has 0 aromatic heterocycles. The molecule has 2 aliphatic rings. The molecule has 0 amide bonds. The van der Waals surface area contributed by atoms with Gasteiger partial charge in [0.1, 0.15) is 18.3 Å². The Kier molecular flexibility index (Phi) is 6.09. The average molecular weight is 378 g/mol. The highest BCUT2D eigenvalue weighted by atomic mass is 16.6. The number of hydrogen-bond acceptors (Lipinski definition) is 7. The molecule has 3 N–H and O–H groups in total. The van der Waals surface area contributed by atoms with Gasteiger partial charge in [-0.05, 0) is 12.0 Å². The molecule has 1 aliphatic carbocycles. The molecule has 6 unspecified atom stereocenters. The van der Waals surface area contributed by atoms with Gasteiger partial charge in [0.05, 0.1) is 18.8 Å². The molecule has 0 aromatic carbocycles. The molecule has 148 valence electrons. The van der Waals surface area contributed by atoms with E-state index in [1.54, 1.807) is 13.0 Å². The summed E-state index contributed by atoms with van der Waals surface area (Å²) in [5, 5.41) is 28.3. The van der Waals surface area contributed by atoms with E-state index in [0.29, 0.717) is 5.57 Å². The normalized spacial score (nSPS) is 33.6. The molecule has 1 aliphatic heterocycles. The SMILES string of the molecule is C=CC1(C)C(OC(=O)C(=C)C(O)CO)CC2C(=C)C(=O)OC2C1C(=C)CO. The van der Waals surface area contributed by atoms with Crippen LogP contribution >= 0.6 is 0 Å². The number of carbonyl (C=O) groups is 2. The molecule has 6 atom stereocenters. The zero-order valence-corrected chi connectivity index (χ0v) is 15.4. The van der Waals surface area contributed by atoms with E-state index in [-0.39, 0.29) is 24.2 Å². The Balaban J connectivity index is 2.41. The van der Waals surface area contributed by atoms with Crippen molar-refractivity contribution in [2.24, 2.45) is 17.3 Å². The Morgan fingerprint density at radius 3 is 2.59 bits per heavy atom. The second-order valence-electron chi connectivity index (χ2n) is 7.22. The lowest BCUT2D eigenvalue weighted by atomic mass is 9.58.